The minimum Gasteiger partial charge on any atom is -0.399 e. The van der Waals surface area contributed by atoms with Gasteiger partial charge >= 0.3 is 7.12 Å². The monoisotopic (exact) mass is 310 g/mol. The minimum absolute atomic E-state index is 0.157. The molecule has 1 saturated heterocycles. The largest absolute Gasteiger partial charge is 0.498 e. The van der Waals surface area contributed by atoms with Crippen molar-refractivity contribution in [2.45, 2.75) is 72.0 Å². The van der Waals surface area contributed by atoms with Crippen LogP contribution >= 0.6 is 0 Å². The number of aryl methyl sites for hydroxylation is 1. The zero-order valence-electron chi connectivity index (χ0n) is 14.7. The van der Waals surface area contributed by atoms with Crippen molar-refractivity contribution >= 4 is 12.6 Å². The highest BCUT2D eigenvalue weighted by atomic mass is 19.2. The molecule has 1 fully saturated rings. The highest BCUT2D eigenvalue weighted by Gasteiger charge is 2.53. The highest BCUT2D eigenvalue weighted by Crippen LogP contribution is 2.37. The van der Waals surface area contributed by atoms with Gasteiger partial charge in [-0.15, -0.1) is 0 Å². The molecular formula is C17H25BF2O2. The smallest absolute Gasteiger partial charge is 0.399 e. The molecule has 0 saturated carbocycles. The lowest BCUT2D eigenvalue weighted by Gasteiger charge is -2.32. The molecule has 1 aliphatic heterocycles. The summed E-state index contributed by atoms with van der Waals surface area (Å²) in [5.74, 6) is -1.69. The summed E-state index contributed by atoms with van der Waals surface area (Å²) >= 11 is 0. The van der Waals surface area contributed by atoms with Crippen molar-refractivity contribution in [3.63, 3.8) is 0 Å². The quantitative estimate of drug-likeness (QED) is 0.733. The van der Waals surface area contributed by atoms with E-state index in [2.05, 4.69) is 0 Å². The SMILES string of the molecule is Cc1cc(C(C)(C)C)c(F)c(F)c1B1OC(C)(C)C(C)(C)O1. The van der Waals surface area contributed by atoms with Crippen LogP contribution in [0.15, 0.2) is 6.07 Å². The topological polar surface area (TPSA) is 18.5 Å². The van der Waals surface area contributed by atoms with Gasteiger partial charge in [-0.1, -0.05) is 26.8 Å². The average Bonchev–Trinajstić information content (AvgIpc) is 2.51. The first kappa shape index (κ1) is 17.4. The van der Waals surface area contributed by atoms with Gasteiger partial charge in [0.25, 0.3) is 0 Å². The number of hydrogen-bond donors (Lipinski definition) is 0. The van der Waals surface area contributed by atoms with Crippen molar-refractivity contribution in [2.75, 3.05) is 0 Å². The van der Waals surface area contributed by atoms with Crippen molar-refractivity contribution in [1.29, 1.82) is 0 Å². The van der Waals surface area contributed by atoms with Gasteiger partial charge in [0.2, 0.25) is 0 Å². The zero-order valence-corrected chi connectivity index (χ0v) is 14.7. The molecule has 1 aromatic carbocycles. The van der Waals surface area contributed by atoms with Crippen molar-refractivity contribution in [3.05, 3.63) is 28.8 Å². The van der Waals surface area contributed by atoms with E-state index in [4.69, 9.17) is 9.31 Å². The molecule has 0 N–H and O–H groups in total. The second kappa shape index (κ2) is 5.03. The third-order valence-electron chi connectivity index (χ3n) is 4.75. The highest BCUT2D eigenvalue weighted by molar-refractivity contribution is 6.62. The Hall–Kier alpha value is -0.935. The van der Waals surface area contributed by atoms with Gasteiger partial charge in [-0.25, -0.2) is 8.78 Å². The molecule has 0 radical (unpaired) electrons. The summed E-state index contributed by atoms with van der Waals surface area (Å²) < 4.78 is 40.9. The average molecular weight is 310 g/mol. The van der Waals surface area contributed by atoms with Gasteiger partial charge in [0.1, 0.15) is 0 Å². The van der Waals surface area contributed by atoms with Gasteiger partial charge in [0, 0.05) is 5.46 Å². The van der Waals surface area contributed by atoms with E-state index in [1.165, 1.54) is 0 Å². The number of benzene rings is 1. The molecule has 2 rings (SSSR count). The maximum atomic E-state index is 14.7. The molecule has 0 unspecified atom stereocenters. The summed E-state index contributed by atoms with van der Waals surface area (Å²) in [5, 5.41) is 0. The van der Waals surface area contributed by atoms with Crippen LogP contribution in [0.1, 0.15) is 59.6 Å². The van der Waals surface area contributed by atoms with Crippen LogP contribution in [0.3, 0.4) is 0 Å². The zero-order chi connectivity index (χ0) is 17.1. The van der Waals surface area contributed by atoms with Crippen molar-refractivity contribution in [2.24, 2.45) is 0 Å². The van der Waals surface area contributed by atoms with Gasteiger partial charge in [0.05, 0.1) is 11.2 Å². The van der Waals surface area contributed by atoms with Crippen LogP contribution < -0.4 is 5.46 Å². The lowest BCUT2D eigenvalue weighted by Crippen LogP contribution is -2.41. The molecule has 1 aromatic rings. The molecule has 0 bridgehead atoms. The molecule has 122 valence electrons. The van der Waals surface area contributed by atoms with E-state index >= 15 is 0 Å². The Kier molecular flexibility index (Phi) is 3.99. The van der Waals surface area contributed by atoms with Crippen LogP contribution in [0.4, 0.5) is 8.78 Å². The van der Waals surface area contributed by atoms with Crippen LogP contribution in [0.2, 0.25) is 0 Å². The minimum atomic E-state index is -0.895. The van der Waals surface area contributed by atoms with Crippen LogP contribution in [0, 0.1) is 18.6 Å². The lowest BCUT2D eigenvalue weighted by molar-refractivity contribution is 0.00578. The Bertz CT molecular complexity index is 588. The Balaban J connectivity index is 2.54. The van der Waals surface area contributed by atoms with Crippen LogP contribution in [-0.4, -0.2) is 18.3 Å². The predicted octanol–water partition coefficient (Wildman–Crippen LogP) is 3.87. The first-order chi connectivity index (χ1) is 9.78. The number of rotatable bonds is 1. The van der Waals surface area contributed by atoms with Crippen molar-refractivity contribution in [1.82, 2.24) is 0 Å². The van der Waals surface area contributed by atoms with Gasteiger partial charge in [0.15, 0.2) is 11.6 Å². The van der Waals surface area contributed by atoms with Gasteiger partial charge in [-0.2, -0.15) is 0 Å². The molecule has 0 aliphatic carbocycles. The summed E-state index contributed by atoms with van der Waals surface area (Å²) in [6.07, 6.45) is 0. The van der Waals surface area contributed by atoms with Crippen molar-refractivity contribution in [3.8, 4) is 0 Å². The van der Waals surface area contributed by atoms with Crippen LogP contribution in [0.25, 0.3) is 0 Å². The van der Waals surface area contributed by atoms with E-state index in [1.807, 2.05) is 48.5 Å². The Morgan fingerprint density at radius 2 is 1.41 bits per heavy atom. The Labute approximate surface area is 132 Å². The van der Waals surface area contributed by atoms with E-state index in [9.17, 15) is 8.78 Å². The fourth-order valence-electron chi connectivity index (χ4n) is 2.56. The summed E-state index contributed by atoms with van der Waals surface area (Å²) in [6.45, 7) is 14.9. The normalized spacial score (nSPS) is 20.5. The molecule has 22 heavy (non-hydrogen) atoms. The third kappa shape index (κ3) is 2.69. The molecule has 0 atom stereocenters. The van der Waals surface area contributed by atoms with E-state index in [0.29, 0.717) is 11.1 Å². The number of hydrogen-bond acceptors (Lipinski definition) is 2. The predicted molar refractivity (Wildman–Crippen MR) is 85.5 cm³/mol. The molecule has 1 heterocycles. The second-order valence-corrected chi connectivity index (χ2v) is 8.12. The fourth-order valence-corrected chi connectivity index (χ4v) is 2.56. The third-order valence-corrected chi connectivity index (χ3v) is 4.75. The first-order valence-corrected chi connectivity index (χ1v) is 7.62. The van der Waals surface area contributed by atoms with Crippen LogP contribution in [0.5, 0.6) is 0 Å². The van der Waals surface area contributed by atoms with Crippen molar-refractivity contribution < 1.29 is 18.1 Å². The maximum absolute atomic E-state index is 14.7. The standard InChI is InChI=1S/C17H25BF2O2/c1-10-9-11(15(2,3)4)13(19)14(20)12(10)18-21-16(5,6)17(7,8)22-18/h9H,1-8H3. The first-order valence-electron chi connectivity index (χ1n) is 7.62. The Morgan fingerprint density at radius 3 is 1.82 bits per heavy atom. The molecular weight excluding hydrogens is 285 g/mol. The summed E-state index contributed by atoms with van der Waals surface area (Å²) in [5.41, 5.74) is -0.482. The van der Waals surface area contributed by atoms with E-state index in [0.717, 1.165) is 0 Å². The van der Waals surface area contributed by atoms with E-state index in [-0.39, 0.29) is 5.46 Å². The maximum Gasteiger partial charge on any atom is 0.498 e. The van der Waals surface area contributed by atoms with Gasteiger partial charge < -0.3 is 9.31 Å². The lowest BCUT2D eigenvalue weighted by atomic mass is 9.73. The summed E-state index contributed by atoms with van der Waals surface area (Å²) in [4.78, 5) is 0. The molecule has 0 aromatic heterocycles. The molecule has 1 aliphatic rings. The molecule has 5 heteroatoms. The van der Waals surface area contributed by atoms with E-state index in [1.54, 1.807) is 13.0 Å². The fraction of sp³-hybridized carbons (Fsp3) is 0.647. The van der Waals surface area contributed by atoms with Crippen LogP contribution in [-0.2, 0) is 14.7 Å². The van der Waals surface area contributed by atoms with Gasteiger partial charge in [-0.3, -0.25) is 0 Å². The van der Waals surface area contributed by atoms with E-state index < -0.39 is 35.4 Å². The summed E-state index contributed by atoms with van der Waals surface area (Å²) in [7, 11) is -0.895. The second-order valence-electron chi connectivity index (χ2n) is 8.12. The van der Waals surface area contributed by atoms with Gasteiger partial charge in [-0.05, 0) is 51.2 Å². The molecule has 2 nitrogen and oxygen atoms in total. The Morgan fingerprint density at radius 1 is 0.955 bits per heavy atom. The molecule has 0 amide bonds. The molecule has 0 spiro atoms. The number of halogens is 2. The summed E-state index contributed by atoms with van der Waals surface area (Å²) in [6, 6.07) is 1.69.